The largest absolute Gasteiger partial charge is 0.329 e. The Balaban J connectivity index is 0.00000341. The average molecular weight is 466 g/mol. The highest BCUT2D eigenvalue weighted by molar-refractivity contribution is 6.31. The SMILES string of the molecule is CNC(C)C(=O)Nc1ccc2c(n1)CN(C(C)C(C)C)C(=O)N2c1cccc(Cl)c1.Cl. The summed E-state index contributed by atoms with van der Waals surface area (Å²) < 4.78 is 0. The number of aromatic nitrogens is 1. The predicted molar refractivity (Wildman–Crippen MR) is 127 cm³/mol. The van der Waals surface area contributed by atoms with Crippen LogP contribution in [0, 0.1) is 5.92 Å². The smallest absolute Gasteiger partial charge is 0.315 e. The number of benzene rings is 1. The summed E-state index contributed by atoms with van der Waals surface area (Å²) in [5, 5.41) is 6.29. The van der Waals surface area contributed by atoms with E-state index < -0.39 is 0 Å². The highest BCUT2D eigenvalue weighted by Crippen LogP contribution is 2.37. The summed E-state index contributed by atoms with van der Waals surface area (Å²) in [5.74, 6) is 0.561. The number of anilines is 3. The quantitative estimate of drug-likeness (QED) is 0.640. The summed E-state index contributed by atoms with van der Waals surface area (Å²) in [5.41, 5.74) is 2.09. The molecule has 3 rings (SSSR count). The second-order valence-corrected chi connectivity index (χ2v) is 8.31. The van der Waals surface area contributed by atoms with E-state index in [9.17, 15) is 9.59 Å². The molecule has 1 aromatic carbocycles. The lowest BCUT2D eigenvalue weighted by molar-refractivity contribution is -0.117. The molecule has 0 aliphatic carbocycles. The van der Waals surface area contributed by atoms with E-state index in [0.29, 0.717) is 28.8 Å². The molecule has 2 N–H and O–H groups in total. The van der Waals surface area contributed by atoms with Crippen LogP contribution < -0.4 is 15.5 Å². The van der Waals surface area contributed by atoms with Crippen LogP contribution in [-0.2, 0) is 11.3 Å². The molecule has 2 aromatic rings. The maximum absolute atomic E-state index is 13.4. The van der Waals surface area contributed by atoms with Gasteiger partial charge in [-0.05, 0) is 57.1 Å². The Bertz CT molecular complexity index is 953. The molecule has 2 heterocycles. The molecule has 0 radical (unpaired) electrons. The lowest BCUT2D eigenvalue weighted by Gasteiger charge is -2.40. The third kappa shape index (κ3) is 5.29. The average Bonchev–Trinajstić information content (AvgIpc) is 2.72. The molecule has 0 spiro atoms. The van der Waals surface area contributed by atoms with Crippen molar-refractivity contribution in [1.29, 1.82) is 0 Å². The van der Waals surface area contributed by atoms with Gasteiger partial charge in [0.05, 0.1) is 29.7 Å². The number of pyridine rings is 1. The number of halogens is 2. The zero-order valence-electron chi connectivity index (χ0n) is 18.3. The van der Waals surface area contributed by atoms with Gasteiger partial charge in [-0.3, -0.25) is 9.69 Å². The molecule has 2 unspecified atom stereocenters. The van der Waals surface area contributed by atoms with Crippen molar-refractivity contribution in [3.05, 3.63) is 47.1 Å². The van der Waals surface area contributed by atoms with Crippen molar-refractivity contribution in [1.82, 2.24) is 15.2 Å². The highest BCUT2D eigenvalue weighted by atomic mass is 35.5. The van der Waals surface area contributed by atoms with Gasteiger partial charge in [0.2, 0.25) is 5.91 Å². The molecule has 9 heteroatoms. The number of urea groups is 1. The Morgan fingerprint density at radius 3 is 2.48 bits per heavy atom. The minimum absolute atomic E-state index is 0. The van der Waals surface area contributed by atoms with Crippen molar-refractivity contribution in [2.45, 2.75) is 46.3 Å². The number of likely N-dealkylation sites (N-methyl/N-ethyl adjacent to an activating group) is 1. The van der Waals surface area contributed by atoms with Crippen LogP contribution in [0.25, 0.3) is 0 Å². The summed E-state index contributed by atoms with van der Waals surface area (Å²) in [6.07, 6.45) is 0. The first kappa shape index (κ1) is 24.9. The zero-order valence-corrected chi connectivity index (χ0v) is 19.9. The van der Waals surface area contributed by atoms with Gasteiger partial charge in [0, 0.05) is 11.1 Å². The fourth-order valence-corrected chi connectivity index (χ4v) is 3.44. The first-order chi connectivity index (χ1) is 14.2. The summed E-state index contributed by atoms with van der Waals surface area (Å²) >= 11 is 6.19. The van der Waals surface area contributed by atoms with Crippen LogP contribution in [0.15, 0.2) is 36.4 Å². The van der Waals surface area contributed by atoms with Crippen LogP contribution in [-0.4, -0.2) is 41.0 Å². The Labute approximate surface area is 194 Å². The molecule has 2 atom stereocenters. The Hall–Kier alpha value is -2.35. The normalized spacial score (nSPS) is 15.3. The molecule has 1 aliphatic rings. The van der Waals surface area contributed by atoms with Crippen molar-refractivity contribution >= 4 is 53.1 Å². The van der Waals surface area contributed by atoms with Gasteiger partial charge in [0.25, 0.3) is 0 Å². The first-order valence-corrected chi connectivity index (χ1v) is 10.4. The standard InChI is InChI=1S/C22H28ClN5O2.ClH/c1-13(2)15(4)27-12-18-19(9-10-20(25-18)26-21(29)14(3)24-5)28(22(27)30)17-8-6-7-16(23)11-17;/h6-11,13-15,24H,12H2,1-5H3,(H,25,26,29);1H. The van der Waals surface area contributed by atoms with Crippen LogP contribution in [0.4, 0.5) is 22.0 Å². The maximum atomic E-state index is 13.4. The maximum Gasteiger partial charge on any atom is 0.329 e. The van der Waals surface area contributed by atoms with Gasteiger partial charge in [-0.2, -0.15) is 0 Å². The molecule has 31 heavy (non-hydrogen) atoms. The van der Waals surface area contributed by atoms with E-state index in [1.165, 1.54) is 0 Å². The molecular weight excluding hydrogens is 437 g/mol. The molecule has 168 valence electrons. The summed E-state index contributed by atoms with van der Waals surface area (Å²) in [6.45, 7) is 8.35. The number of hydrogen-bond donors (Lipinski definition) is 2. The number of nitrogens with zero attached hydrogens (tertiary/aromatic N) is 3. The molecule has 0 fully saturated rings. The van der Waals surface area contributed by atoms with E-state index in [1.54, 1.807) is 37.1 Å². The number of amides is 3. The van der Waals surface area contributed by atoms with Gasteiger partial charge < -0.3 is 15.5 Å². The van der Waals surface area contributed by atoms with Crippen LogP contribution in [0.2, 0.25) is 5.02 Å². The van der Waals surface area contributed by atoms with Gasteiger partial charge in [-0.1, -0.05) is 31.5 Å². The molecular formula is C22H29Cl2N5O2. The molecule has 0 bridgehead atoms. The Morgan fingerprint density at radius 2 is 1.87 bits per heavy atom. The van der Waals surface area contributed by atoms with Gasteiger partial charge in [0.1, 0.15) is 5.82 Å². The van der Waals surface area contributed by atoms with E-state index in [-0.39, 0.29) is 42.3 Å². The zero-order chi connectivity index (χ0) is 22.0. The number of carbonyl (C=O) groups excluding carboxylic acids is 2. The summed E-state index contributed by atoms with van der Waals surface area (Å²) in [7, 11) is 1.73. The van der Waals surface area contributed by atoms with Gasteiger partial charge in [-0.15, -0.1) is 12.4 Å². The van der Waals surface area contributed by atoms with Crippen molar-refractivity contribution in [2.75, 3.05) is 17.3 Å². The fraction of sp³-hybridized carbons (Fsp3) is 0.409. The van der Waals surface area contributed by atoms with E-state index in [2.05, 4.69) is 29.5 Å². The third-order valence-electron chi connectivity index (χ3n) is 5.55. The van der Waals surface area contributed by atoms with Crippen LogP contribution in [0.3, 0.4) is 0 Å². The van der Waals surface area contributed by atoms with Gasteiger partial charge in [-0.25, -0.2) is 9.78 Å². The second kappa shape index (κ2) is 10.3. The second-order valence-electron chi connectivity index (χ2n) is 7.87. The molecule has 3 amide bonds. The van der Waals surface area contributed by atoms with Crippen molar-refractivity contribution in [3.8, 4) is 0 Å². The lowest BCUT2D eigenvalue weighted by atomic mass is 10.0. The topological polar surface area (TPSA) is 77.6 Å². The Kier molecular flexibility index (Phi) is 8.28. The van der Waals surface area contributed by atoms with Crippen LogP contribution >= 0.6 is 24.0 Å². The molecule has 1 aromatic heterocycles. The number of nitrogens with one attached hydrogen (secondary N) is 2. The molecule has 0 saturated carbocycles. The van der Waals surface area contributed by atoms with E-state index in [1.807, 2.05) is 30.0 Å². The predicted octanol–water partition coefficient (Wildman–Crippen LogP) is 4.82. The van der Waals surface area contributed by atoms with Crippen molar-refractivity contribution < 1.29 is 9.59 Å². The van der Waals surface area contributed by atoms with Crippen molar-refractivity contribution in [2.24, 2.45) is 5.92 Å². The molecule has 1 aliphatic heterocycles. The molecule has 7 nitrogen and oxygen atoms in total. The number of carbonyl (C=O) groups is 2. The van der Waals surface area contributed by atoms with E-state index in [0.717, 1.165) is 5.69 Å². The minimum Gasteiger partial charge on any atom is -0.315 e. The van der Waals surface area contributed by atoms with Gasteiger partial charge in [0.15, 0.2) is 0 Å². The summed E-state index contributed by atoms with van der Waals surface area (Å²) in [6, 6.07) is 10.3. The highest BCUT2D eigenvalue weighted by Gasteiger charge is 2.36. The third-order valence-corrected chi connectivity index (χ3v) is 5.78. The van der Waals surface area contributed by atoms with Crippen LogP contribution in [0.5, 0.6) is 0 Å². The van der Waals surface area contributed by atoms with Crippen LogP contribution in [0.1, 0.15) is 33.4 Å². The fourth-order valence-electron chi connectivity index (χ4n) is 3.25. The number of rotatable bonds is 6. The van der Waals surface area contributed by atoms with Crippen molar-refractivity contribution in [3.63, 3.8) is 0 Å². The Morgan fingerprint density at radius 1 is 1.16 bits per heavy atom. The first-order valence-electron chi connectivity index (χ1n) is 10.1. The summed E-state index contributed by atoms with van der Waals surface area (Å²) in [4.78, 5) is 33.8. The van der Waals surface area contributed by atoms with E-state index >= 15 is 0 Å². The number of fused-ring (bicyclic) bond motifs is 1. The monoisotopic (exact) mass is 465 g/mol. The number of hydrogen-bond acceptors (Lipinski definition) is 4. The lowest BCUT2D eigenvalue weighted by Crippen LogP contribution is -2.50. The van der Waals surface area contributed by atoms with E-state index in [4.69, 9.17) is 11.6 Å². The molecule has 0 saturated heterocycles. The minimum atomic E-state index is -0.343. The van der Waals surface area contributed by atoms with Gasteiger partial charge >= 0.3 is 6.03 Å².